The number of rotatable bonds is 3. The first-order valence-corrected chi connectivity index (χ1v) is 9.73. The summed E-state index contributed by atoms with van der Waals surface area (Å²) < 4.78 is 11.5. The Hall–Kier alpha value is -2.55. The van der Waals surface area contributed by atoms with Gasteiger partial charge in [0.2, 0.25) is 0 Å². The van der Waals surface area contributed by atoms with E-state index in [1.807, 2.05) is 18.2 Å². The highest BCUT2D eigenvalue weighted by Gasteiger charge is 2.18. The van der Waals surface area contributed by atoms with Crippen LogP contribution in [0.2, 0.25) is 0 Å². The Morgan fingerprint density at radius 3 is 2.37 bits per heavy atom. The van der Waals surface area contributed by atoms with E-state index in [4.69, 9.17) is 9.15 Å². The van der Waals surface area contributed by atoms with E-state index in [2.05, 4.69) is 45.0 Å². The second kappa shape index (κ2) is 6.88. The summed E-state index contributed by atoms with van der Waals surface area (Å²) in [7, 11) is 0. The molecule has 0 spiro atoms. The van der Waals surface area contributed by atoms with E-state index >= 15 is 0 Å². The van der Waals surface area contributed by atoms with Gasteiger partial charge in [0, 0.05) is 17.0 Å². The molecule has 0 unspecified atom stereocenters. The molecule has 27 heavy (non-hydrogen) atoms. The monoisotopic (exact) mass is 362 g/mol. The first-order valence-electron chi connectivity index (χ1n) is 9.73. The van der Waals surface area contributed by atoms with Crippen LogP contribution in [0.1, 0.15) is 55.9 Å². The molecule has 1 aliphatic carbocycles. The van der Waals surface area contributed by atoms with Gasteiger partial charge in [-0.2, -0.15) is 0 Å². The van der Waals surface area contributed by atoms with Gasteiger partial charge in [0.25, 0.3) is 0 Å². The minimum absolute atomic E-state index is 0.147. The summed E-state index contributed by atoms with van der Waals surface area (Å²) >= 11 is 0. The van der Waals surface area contributed by atoms with Gasteiger partial charge >= 0.3 is 5.63 Å². The molecule has 4 rings (SSSR count). The maximum atomic E-state index is 12.3. The number of hydrogen-bond donors (Lipinski definition) is 0. The van der Waals surface area contributed by atoms with Crippen molar-refractivity contribution in [3.8, 4) is 5.75 Å². The van der Waals surface area contributed by atoms with Crippen molar-refractivity contribution in [2.24, 2.45) is 0 Å². The van der Waals surface area contributed by atoms with Crippen LogP contribution in [0.3, 0.4) is 0 Å². The van der Waals surface area contributed by atoms with E-state index in [-0.39, 0.29) is 11.0 Å². The van der Waals surface area contributed by atoms with E-state index in [0.29, 0.717) is 12.2 Å². The smallest absolute Gasteiger partial charge is 0.339 e. The second-order valence-electron chi connectivity index (χ2n) is 8.45. The fraction of sp³-hybridized carbons (Fsp3) is 0.375. The van der Waals surface area contributed by atoms with Gasteiger partial charge in [-0.05, 0) is 59.9 Å². The van der Waals surface area contributed by atoms with Gasteiger partial charge in [-0.1, -0.05) is 45.0 Å². The minimum atomic E-state index is -0.188. The molecular weight excluding hydrogens is 336 g/mol. The van der Waals surface area contributed by atoms with E-state index in [1.165, 1.54) is 5.56 Å². The van der Waals surface area contributed by atoms with Gasteiger partial charge in [-0.15, -0.1) is 0 Å². The maximum absolute atomic E-state index is 12.3. The molecule has 1 aromatic heterocycles. The molecular formula is C24H26O3. The summed E-state index contributed by atoms with van der Waals surface area (Å²) in [5, 5.41) is 1.05. The van der Waals surface area contributed by atoms with Crippen LogP contribution in [0.5, 0.6) is 5.75 Å². The fourth-order valence-corrected chi connectivity index (χ4v) is 3.78. The maximum Gasteiger partial charge on any atom is 0.339 e. The van der Waals surface area contributed by atoms with E-state index in [1.54, 1.807) is 0 Å². The zero-order valence-electron chi connectivity index (χ0n) is 16.3. The molecule has 0 amide bonds. The van der Waals surface area contributed by atoms with E-state index in [9.17, 15) is 4.79 Å². The van der Waals surface area contributed by atoms with Crippen molar-refractivity contribution >= 4 is 11.0 Å². The zero-order valence-corrected chi connectivity index (χ0v) is 16.3. The average Bonchev–Trinajstić information content (AvgIpc) is 2.66. The Balaban J connectivity index is 1.55. The number of hydrogen-bond acceptors (Lipinski definition) is 3. The van der Waals surface area contributed by atoms with Gasteiger partial charge in [0.1, 0.15) is 17.9 Å². The molecule has 0 saturated heterocycles. The third-order valence-electron chi connectivity index (χ3n) is 5.42. The Labute approximate surface area is 160 Å². The normalized spacial score (nSPS) is 14.2. The minimum Gasteiger partial charge on any atom is -0.489 e. The highest BCUT2D eigenvalue weighted by molar-refractivity contribution is 5.82. The molecule has 0 radical (unpaired) electrons. The van der Waals surface area contributed by atoms with E-state index < -0.39 is 0 Å². The topological polar surface area (TPSA) is 39.4 Å². The zero-order chi connectivity index (χ0) is 19.0. The summed E-state index contributed by atoms with van der Waals surface area (Å²) in [5.74, 6) is 0.723. The first kappa shape index (κ1) is 17.8. The molecule has 3 aromatic rings. The molecule has 3 nitrogen and oxygen atoms in total. The van der Waals surface area contributed by atoms with Crippen LogP contribution in [0.25, 0.3) is 11.0 Å². The molecule has 0 atom stereocenters. The lowest BCUT2D eigenvalue weighted by Gasteiger charge is -2.19. The molecule has 0 fully saturated rings. The molecule has 140 valence electrons. The van der Waals surface area contributed by atoms with Gasteiger partial charge < -0.3 is 9.15 Å². The summed E-state index contributed by atoms with van der Waals surface area (Å²) in [6.45, 7) is 7.12. The highest BCUT2D eigenvalue weighted by Crippen LogP contribution is 2.29. The Kier molecular flexibility index (Phi) is 4.55. The van der Waals surface area contributed by atoms with Crippen molar-refractivity contribution in [3.05, 3.63) is 75.1 Å². The first-order chi connectivity index (χ1) is 12.9. The number of aryl methyl sites for hydroxylation is 1. The third-order valence-corrected chi connectivity index (χ3v) is 5.42. The van der Waals surface area contributed by atoms with Crippen LogP contribution in [0.15, 0.2) is 51.7 Å². The fourth-order valence-electron chi connectivity index (χ4n) is 3.78. The number of benzene rings is 2. The Morgan fingerprint density at radius 2 is 1.67 bits per heavy atom. The largest absolute Gasteiger partial charge is 0.489 e. The molecule has 2 aromatic carbocycles. The molecule has 0 aliphatic heterocycles. The molecule has 1 heterocycles. The predicted molar refractivity (Wildman–Crippen MR) is 109 cm³/mol. The summed E-state index contributed by atoms with van der Waals surface area (Å²) in [4.78, 5) is 12.3. The van der Waals surface area contributed by atoms with Crippen LogP contribution in [-0.4, -0.2) is 0 Å². The van der Waals surface area contributed by atoms with Crippen molar-refractivity contribution in [1.82, 2.24) is 0 Å². The second-order valence-corrected chi connectivity index (χ2v) is 8.45. The van der Waals surface area contributed by atoms with Gasteiger partial charge in [-0.3, -0.25) is 0 Å². The molecule has 0 saturated carbocycles. The van der Waals surface area contributed by atoms with Crippen molar-refractivity contribution in [2.75, 3.05) is 0 Å². The van der Waals surface area contributed by atoms with Crippen molar-refractivity contribution in [3.63, 3.8) is 0 Å². The van der Waals surface area contributed by atoms with Gasteiger partial charge in [0.05, 0.1) is 0 Å². The van der Waals surface area contributed by atoms with Crippen LogP contribution in [0.4, 0.5) is 0 Å². The molecule has 0 bridgehead atoms. The third kappa shape index (κ3) is 3.64. The quantitative estimate of drug-likeness (QED) is 0.574. The van der Waals surface area contributed by atoms with Gasteiger partial charge in [0.15, 0.2) is 0 Å². The van der Waals surface area contributed by atoms with Crippen molar-refractivity contribution in [2.45, 2.75) is 58.5 Å². The molecule has 3 heteroatoms. The lowest BCUT2D eigenvalue weighted by molar-refractivity contribution is 0.306. The number of fused-ring (bicyclic) bond motifs is 3. The standard InChI is InChI=1S/C24H26O3/c1-24(2,3)17-10-8-16(9-11-17)15-26-18-12-13-20-19-6-4-5-7-21(19)23(25)27-22(20)14-18/h8-14H,4-7,15H2,1-3H3. The van der Waals surface area contributed by atoms with Crippen molar-refractivity contribution in [1.29, 1.82) is 0 Å². The lowest BCUT2D eigenvalue weighted by Crippen LogP contribution is -2.15. The van der Waals surface area contributed by atoms with Crippen molar-refractivity contribution < 1.29 is 9.15 Å². The van der Waals surface area contributed by atoms with Gasteiger partial charge in [-0.25, -0.2) is 4.79 Å². The summed E-state index contributed by atoms with van der Waals surface area (Å²) in [5.41, 5.74) is 5.04. The average molecular weight is 362 g/mol. The Morgan fingerprint density at radius 1 is 0.963 bits per heavy atom. The predicted octanol–water partition coefficient (Wildman–Crippen LogP) is 5.55. The van der Waals surface area contributed by atoms with Crippen LogP contribution >= 0.6 is 0 Å². The van der Waals surface area contributed by atoms with Crippen LogP contribution < -0.4 is 10.4 Å². The van der Waals surface area contributed by atoms with Crippen LogP contribution in [0, 0.1) is 0 Å². The summed E-state index contributed by atoms with van der Waals surface area (Å²) in [6.07, 6.45) is 3.99. The van der Waals surface area contributed by atoms with E-state index in [0.717, 1.165) is 53.5 Å². The SMILES string of the molecule is CC(C)(C)c1ccc(COc2ccc3c4c(c(=O)oc3c2)CCCC4)cc1. The molecule has 0 N–H and O–H groups in total. The summed E-state index contributed by atoms with van der Waals surface area (Å²) in [6, 6.07) is 14.4. The lowest BCUT2D eigenvalue weighted by atomic mass is 9.87. The number of ether oxygens (including phenoxy) is 1. The van der Waals surface area contributed by atoms with Crippen LogP contribution in [-0.2, 0) is 24.9 Å². The Bertz CT molecular complexity index is 1020. The molecule has 1 aliphatic rings. The highest BCUT2D eigenvalue weighted by atomic mass is 16.5.